The lowest BCUT2D eigenvalue weighted by atomic mass is 9.95. The number of benzene rings is 1. The molecule has 0 bridgehead atoms. The van der Waals surface area contributed by atoms with Gasteiger partial charge in [0.1, 0.15) is 0 Å². The molecule has 1 atom stereocenters. The van der Waals surface area contributed by atoms with Crippen molar-refractivity contribution in [1.29, 1.82) is 0 Å². The lowest BCUT2D eigenvalue weighted by molar-refractivity contribution is -0.123. The van der Waals surface area contributed by atoms with Crippen molar-refractivity contribution in [3.63, 3.8) is 0 Å². The van der Waals surface area contributed by atoms with E-state index in [0.29, 0.717) is 0 Å². The van der Waals surface area contributed by atoms with Gasteiger partial charge >= 0.3 is 0 Å². The second-order valence-corrected chi connectivity index (χ2v) is 6.88. The Hall–Kier alpha value is -1.04. The van der Waals surface area contributed by atoms with Crippen molar-refractivity contribution in [3.05, 3.63) is 35.4 Å². The maximum absolute atomic E-state index is 12.3. The molecule has 21 heavy (non-hydrogen) atoms. The van der Waals surface area contributed by atoms with Gasteiger partial charge in [-0.3, -0.25) is 9.69 Å². The molecule has 1 fully saturated rings. The molecule has 2 aliphatic heterocycles. The molecule has 4 nitrogen and oxygen atoms in total. The zero-order chi connectivity index (χ0) is 14.5. The monoisotopic (exact) mass is 305 g/mol. The summed E-state index contributed by atoms with van der Waals surface area (Å²) in [5.74, 6) is 2.57. The number of carbonyl (C=O) groups is 1. The van der Waals surface area contributed by atoms with Crippen LogP contribution in [0.1, 0.15) is 11.1 Å². The molecule has 1 saturated heterocycles. The number of amides is 1. The van der Waals surface area contributed by atoms with Gasteiger partial charge < -0.3 is 10.6 Å². The number of hydrogen-bond acceptors (Lipinski definition) is 4. The van der Waals surface area contributed by atoms with Crippen LogP contribution in [-0.2, 0) is 17.8 Å². The fourth-order valence-corrected chi connectivity index (χ4v) is 3.90. The number of thioether (sulfide) groups is 1. The van der Waals surface area contributed by atoms with Crippen molar-refractivity contribution in [2.45, 2.75) is 19.0 Å². The molecular weight excluding hydrogens is 282 g/mol. The predicted octanol–water partition coefficient (Wildman–Crippen LogP) is 0.866. The second-order valence-electron chi connectivity index (χ2n) is 5.65. The Morgan fingerprint density at radius 2 is 2.05 bits per heavy atom. The number of nitrogens with one attached hydrogen (secondary N) is 2. The van der Waals surface area contributed by atoms with E-state index in [4.69, 9.17) is 0 Å². The van der Waals surface area contributed by atoms with E-state index in [2.05, 4.69) is 33.7 Å². The van der Waals surface area contributed by atoms with Crippen LogP contribution in [0, 0.1) is 0 Å². The summed E-state index contributed by atoms with van der Waals surface area (Å²) in [4.78, 5) is 14.7. The molecule has 0 aliphatic carbocycles. The molecule has 3 rings (SSSR count). The molecule has 2 aliphatic rings. The topological polar surface area (TPSA) is 44.4 Å². The zero-order valence-corrected chi connectivity index (χ0v) is 13.1. The van der Waals surface area contributed by atoms with E-state index in [1.165, 1.54) is 22.6 Å². The fourth-order valence-electron chi connectivity index (χ4n) is 2.92. The average molecular weight is 305 g/mol. The standard InChI is InChI=1S/C16H23N3OS/c20-16(17-5-6-19-7-9-21-10-8-19)15-11-13-3-1-2-4-14(13)12-18-15/h1-4,15,18H,5-12H2,(H,17,20). The summed E-state index contributed by atoms with van der Waals surface area (Å²) in [6.45, 7) is 4.81. The van der Waals surface area contributed by atoms with E-state index in [1.807, 2.05) is 17.8 Å². The van der Waals surface area contributed by atoms with E-state index < -0.39 is 0 Å². The minimum atomic E-state index is -0.0863. The van der Waals surface area contributed by atoms with Crippen LogP contribution < -0.4 is 10.6 Å². The summed E-state index contributed by atoms with van der Waals surface area (Å²) in [5.41, 5.74) is 2.61. The number of nitrogens with zero attached hydrogens (tertiary/aromatic N) is 1. The van der Waals surface area contributed by atoms with Crippen LogP contribution in [-0.4, -0.2) is 54.5 Å². The lowest BCUT2D eigenvalue weighted by Gasteiger charge is -2.28. The Balaban J connectivity index is 1.44. The summed E-state index contributed by atoms with van der Waals surface area (Å²) in [7, 11) is 0. The summed E-state index contributed by atoms with van der Waals surface area (Å²) in [6.07, 6.45) is 0.794. The van der Waals surface area contributed by atoms with Crippen molar-refractivity contribution in [3.8, 4) is 0 Å². The summed E-state index contributed by atoms with van der Waals surface area (Å²) in [6, 6.07) is 8.27. The highest BCUT2D eigenvalue weighted by atomic mass is 32.2. The van der Waals surface area contributed by atoms with Gasteiger partial charge in [-0.25, -0.2) is 0 Å². The maximum atomic E-state index is 12.3. The molecule has 2 heterocycles. The van der Waals surface area contributed by atoms with E-state index in [0.717, 1.165) is 39.1 Å². The minimum Gasteiger partial charge on any atom is -0.353 e. The van der Waals surface area contributed by atoms with Gasteiger partial charge in [0.25, 0.3) is 0 Å². The summed E-state index contributed by atoms with van der Waals surface area (Å²) >= 11 is 2.02. The van der Waals surface area contributed by atoms with Crippen LogP contribution in [0.25, 0.3) is 0 Å². The molecule has 5 heteroatoms. The Morgan fingerprint density at radius 1 is 1.29 bits per heavy atom. The van der Waals surface area contributed by atoms with Gasteiger partial charge in [0.2, 0.25) is 5.91 Å². The van der Waals surface area contributed by atoms with Crippen molar-refractivity contribution < 1.29 is 4.79 Å². The average Bonchev–Trinajstić information content (AvgIpc) is 2.55. The van der Waals surface area contributed by atoms with Crippen LogP contribution >= 0.6 is 11.8 Å². The fraction of sp³-hybridized carbons (Fsp3) is 0.562. The van der Waals surface area contributed by atoms with Crippen molar-refractivity contribution >= 4 is 17.7 Å². The molecule has 1 aromatic rings. The summed E-state index contributed by atoms with van der Waals surface area (Å²) in [5, 5.41) is 6.42. The molecular formula is C16H23N3OS. The van der Waals surface area contributed by atoms with E-state index in [9.17, 15) is 4.79 Å². The van der Waals surface area contributed by atoms with Crippen molar-refractivity contribution in [1.82, 2.24) is 15.5 Å². The molecule has 1 aromatic carbocycles. The smallest absolute Gasteiger partial charge is 0.237 e. The maximum Gasteiger partial charge on any atom is 0.237 e. The first-order chi connectivity index (χ1) is 10.3. The first kappa shape index (κ1) is 14.9. The van der Waals surface area contributed by atoms with Crippen LogP contribution in [0.4, 0.5) is 0 Å². The van der Waals surface area contributed by atoms with Gasteiger partial charge in [0.05, 0.1) is 6.04 Å². The molecule has 0 aromatic heterocycles. The number of rotatable bonds is 4. The number of carbonyl (C=O) groups excluding carboxylic acids is 1. The lowest BCUT2D eigenvalue weighted by Crippen LogP contribution is -2.49. The van der Waals surface area contributed by atoms with Crippen LogP contribution in [0.5, 0.6) is 0 Å². The molecule has 2 N–H and O–H groups in total. The molecule has 1 unspecified atom stereocenters. The third-order valence-electron chi connectivity index (χ3n) is 4.23. The molecule has 0 spiro atoms. The Kier molecular flexibility index (Phi) is 5.17. The minimum absolute atomic E-state index is 0.0863. The largest absolute Gasteiger partial charge is 0.353 e. The van der Waals surface area contributed by atoms with Crippen LogP contribution in [0.2, 0.25) is 0 Å². The van der Waals surface area contributed by atoms with E-state index in [1.54, 1.807) is 0 Å². The first-order valence-electron chi connectivity index (χ1n) is 7.71. The van der Waals surface area contributed by atoms with Gasteiger partial charge in [-0.1, -0.05) is 24.3 Å². The predicted molar refractivity (Wildman–Crippen MR) is 87.5 cm³/mol. The molecule has 114 valence electrons. The zero-order valence-electron chi connectivity index (χ0n) is 12.3. The number of fused-ring (bicyclic) bond motifs is 1. The van der Waals surface area contributed by atoms with Crippen molar-refractivity contribution in [2.75, 3.05) is 37.7 Å². The number of hydrogen-bond donors (Lipinski definition) is 2. The second kappa shape index (κ2) is 7.29. The molecule has 0 radical (unpaired) electrons. The Bertz CT molecular complexity index is 488. The third-order valence-corrected chi connectivity index (χ3v) is 5.17. The quantitative estimate of drug-likeness (QED) is 0.866. The van der Waals surface area contributed by atoms with Gasteiger partial charge in [-0.05, 0) is 17.5 Å². The third kappa shape index (κ3) is 3.99. The van der Waals surface area contributed by atoms with E-state index in [-0.39, 0.29) is 11.9 Å². The van der Waals surface area contributed by atoms with Gasteiger partial charge in [0.15, 0.2) is 0 Å². The normalized spacial score (nSPS) is 22.6. The Morgan fingerprint density at radius 3 is 2.86 bits per heavy atom. The van der Waals surface area contributed by atoms with Gasteiger partial charge in [-0.2, -0.15) is 11.8 Å². The van der Waals surface area contributed by atoms with Crippen molar-refractivity contribution in [2.24, 2.45) is 0 Å². The highest BCUT2D eigenvalue weighted by Crippen LogP contribution is 2.16. The highest BCUT2D eigenvalue weighted by Gasteiger charge is 2.23. The van der Waals surface area contributed by atoms with Crippen LogP contribution in [0.15, 0.2) is 24.3 Å². The SMILES string of the molecule is O=C(NCCN1CCSCC1)C1Cc2ccccc2CN1. The Labute approximate surface area is 130 Å². The van der Waals surface area contributed by atoms with Gasteiger partial charge in [0, 0.05) is 44.2 Å². The molecule has 0 saturated carbocycles. The highest BCUT2D eigenvalue weighted by molar-refractivity contribution is 7.99. The van der Waals surface area contributed by atoms with E-state index >= 15 is 0 Å². The van der Waals surface area contributed by atoms with Gasteiger partial charge in [-0.15, -0.1) is 0 Å². The first-order valence-corrected chi connectivity index (χ1v) is 8.86. The summed E-state index contributed by atoms with van der Waals surface area (Å²) < 4.78 is 0. The molecule has 1 amide bonds. The van der Waals surface area contributed by atoms with Crippen LogP contribution in [0.3, 0.4) is 0 Å².